The number of nitrogens with zero attached hydrogens (tertiary/aromatic N) is 1. The minimum absolute atomic E-state index is 0.214. The number of amides is 2. The lowest BCUT2D eigenvalue weighted by Crippen LogP contribution is -2.44. The van der Waals surface area contributed by atoms with Crippen LogP contribution in [0.2, 0.25) is 0 Å². The lowest BCUT2D eigenvalue weighted by Gasteiger charge is -2.15. The highest BCUT2D eigenvalue weighted by molar-refractivity contribution is 14.1. The molecule has 0 aliphatic carbocycles. The molecule has 3 rings (SSSR count). The van der Waals surface area contributed by atoms with Gasteiger partial charge in [0.25, 0.3) is 11.8 Å². The number of hydrogen-bond acceptors (Lipinski definition) is 8. The van der Waals surface area contributed by atoms with Crippen LogP contribution < -0.4 is 14.9 Å². The van der Waals surface area contributed by atoms with Crippen molar-refractivity contribution < 1.29 is 28.6 Å². The summed E-state index contributed by atoms with van der Waals surface area (Å²) in [5, 5.41) is 1.06. The van der Waals surface area contributed by atoms with Gasteiger partial charge in [0.05, 0.1) is 22.2 Å². The molecule has 1 saturated heterocycles. The summed E-state index contributed by atoms with van der Waals surface area (Å²) in [7, 11) is 1.48. The molecule has 0 radical (unpaired) electrons. The van der Waals surface area contributed by atoms with Crippen molar-refractivity contribution in [2.24, 2.45) is 0 Å². The summed E-state index contributed by atoms with van der Waals surface area (Å²) < 4.78 is 16.7. The van der Waals surface area contributed by atoms with Crippen LogP contribution in [0.5, 0.6) is 11.5 Å². The van der Waals surface area contributed by atoms with Gasteiger partial charge in [0.2, 0.25) is 0 Å². The Morgan fingerprint density at radius 3 is 2.64 bits per heavy atom. The summed E-state index contributed by atoms with van der Waals surface area (Å²) in [6, 6.07) is 12.0. The Hall–Kier alpha value is -2.64. The number of hydrazine groups is 1. The molecule has 0 aromatic heterocycles. The third-order valence-corrected chi connectivity index (χ3v) is 6.34. The predicted octanol–water partition coefficient (Wildman–Crippen LogP) is 3.79. The summed E-state index contributed by atoms with van der Waals surface area (Å²) in [5.41, 5.74) is 3.62. The van der Waals surface area contributed by atoms with Crippen molar-refractivity contribution in [3.05, 3.63) is 62.1 Å². The fourth-order valence-corrected chi connectivity index (χ4v) is 4.73. The van der Waals surface area contributed by atoms with Gasteiger partial charge in [-0.2, -0.15) is 5.01 Å². The van der Waals surface area contributed by atoms with Crippen LogP contribution >= 0.6 is 46.6 Å². The van der Waals surface area contributed by atoms with E-state index in [9.17, 15) is 14.4 Å². The van der Waals surface area contributed by atoms with Crippen LogP contribution in [0.1, 0.15) is 22.8 Å². The van der Waals surface area contributed by atoms with Gasteiger partial charge in [-0.3, -0.25) is 15.0 Å². The summed E-state index contributed by atoms with van der Waals surface area (Å²) in [5.74, 6) is -0.574. The van der Waals surface area contributed by atoms with E-state index < -0.39 is 17.8 Å². The highest BCUT2D eigenvalue weighted by atomic mass is 127. The molecule has 33 heavy (non-hydrogen) atoms. The summed E-state index contributed by atoms with van der Waals surface area (Å²) >= 11 is 8.41. The van der Waals surface area contributed by atoms with Crippen LogP contribution in [0.25, 0.3) is 6.08 Å². The maximum Gasteiger partial charge on any atom is 0.344 e. The molecule has 11 heteroatoms. The van der Waals surface area contributed by atoms with E-state index in [0.717, 1.165) is 16.8 Å². The Morgan fingerprint density at radius 2 is 1.97 bits per heavy atom. The second-order valence-corrected chi connectivity index (χ2v) is 9.29. The average molecular weight is 598 g/mol. The largest absolute Gasteiger partial charge is 0.493 e. The highest BCUT2D eigenvalue weighted by Gasteiger charge is 2.34. The molecule has 172 valence electrons. The predicted molar refractivity (Wildman–Crippen MR) is 137 cm³/mol. The second kappa shape index (κ2) is 11.5. The molecular formula is C22H19IN2O6S2. The molecular weight excluding hydrogens is 579 g/mol. The first kappa shape index (κ1) is 25.0. The number of rotatable bonds is 8. The van der Waals surface area contributed by atoms with Crippen LogP contribution in [-0.4, -0.2) is 47.4 Å². The molecule has 0 bridgehead atoms. The average Bonchev–Trinajstić information content (AvgIpc) is 3.06. The van der Waals surface area contributed by atoms with Crippen molar-refractivity contribution in [3.8, 4) is 11.5 Å². The van der Waals surface area contributed by atoms with Crippen LogP contribution in [-0.2, 0) is 14.3 Å². The molecule has 0 atom stereocenters. The molecule has 0 spiro atoms. The third kappa shape index (κ3) is 6.24. The van der Waals surface area contributed by atoms with Gasteiger partial charge in [0, 0.05) is 5.56 Å². The molecule has 0 saturated carbocycles. The number of carbonyl (C=O) groups is 3. The van der Waals surface area contributed by atoms with E-state index in [1.165, 1.54) is 7.11 Å². The number of carbonyl (C=O) groups excluding carboxylic acids is 3. The van der Waals surface area contributed by atoms with Gasteiger partial charge in [0.15, 0.2) is 22.4 Å². The zero-order valence-electron chi connectivity index (χ0n) is 17.6. The summed E-state index contributed by atoms with van der Waals surface area (Å²) in [6.45, 7) is 1.73. The molecule has 0 unspecified atom stereocenters. The van der Waals surface area contributed by atoms with Gasteiger partial charge in [-0.15, -0.1) is 0 Å². The van der Waals surface area contributed by atoms with Crippen LogP contribution in [0.4, 0.5) is 0 Å². The van der Waals surface area contributed by atoms with E-state index >= 15 is 0 Å². The number of thiocarbonyl (C=S) groups is 1. The Morgan fingerprint density at radius 1 is 1.24 bits per heavy atom. The van der Waals surface area contributed by atoms with Crippen molar-refractivity contribution in [2.45, 2.75) is 6.92 Å². The Labute approximate surface area is 213 Å². The highest BCUT2D eigenvalue weighted by Crippen LogP contribution is 2.37. The number of ether oxygens (including phenoxy) is 3. The van der Waals surface area contributed by atoms with Gasteiger partial charge in [-0.1, -0.05) is 30.0 Å². The fraction of sp³-hybridized carbons (Fsp3) is 0.182. The molecule has 1 fully saturated rings. The molecule has 1 aliphatic rings. The van der Waals surface area contributed by atoms with E-state index in [1.807, 2.05) is 0 Å². The van der Waals surface area contributed by atoms with E-state index in [0.29, 0.717) is 31.1 Å². The van der Waals surface area contributed by atoms with E-state index in [2.05, 4.69) is 28.0 Å². The molecule has 8 nitrogen and oxygen atoms in total. The zero-order valence-corrected chi connectivity index (χ0v) is 21.4. The van der Waals surface area contributed by atoms with Gasteiger partial charge in [-0.25, -0.2) is 4.79 Å². The molecule has 1 heterocycles. The maximum atomic E-state index is 12.9. The molecule has 1 aliphatic heterocycles. The van der Waals surface area contributed by atoms with E-state index in [1.54, 1.807) is 55.5 Å². The van der Waals surface area contributed by atoms with Crippen LogP contribution in [0, 0.1) is 3.57 Å². The Kier molecular flexibility index (Phi) is 8.69. The lowest BCUT2D eigenvalue weighted by atomic mass is 10.2. The first-order chi connectivity index (χ1) is 15.8. The monoisotopic (exact) mass is 598 g/mol. The molecule has 2 aromatic rings. The number of halogens is 1. The number of thioether (sulfide) groups is 1. The molecule has 2 amide bonds. The fourth-order valence-electron chi connectivity index (χ4n) is 2.77. The third-order valence-electron chi connectivity index (χ3n) is 4.23. The number of esters is 1. The Balaban J connectivity index is 1.77. The number of hydrogen-bond donors (Lipinski definition) is 1. The summed E-state index contributed by atoms with van der Waals surface area (Å²) in [4.78, 5) is 37.2. The zero-order chi connectivity index (χ0) is 24.0. The minimum atomic E-state index is -0.486. The molecule has 1 N–H and O–H groups in total. The standard InChI is InChI=1S/C22H19IN2O6S2/c1-3-30-18(26)12-31-19-15(23)9-13(10-16(19)29-2)11-17-21(28)25(22(32)33-17)24-20(27)14-7-5-4-6-8-14/h4-11H,3,12H2,1-2H3,(H,24,27)/b17-11+. The number of methoxy groups -OCH3 is 1. The lowest BCUT2D eigenvalue weighted by molar-refractivity contribution is -0.145. The van der Waals surface area contributed by atoms with Gasteiger partial charge < -0.3 is 14.2 Å². The maximum absolute atomic E-state index is 12.9. The number of nitrogens with one attached hydrogen (secondary N) is 1. The van der Waals surface area contributed by atoms with Gasteiger partial charge >= 0.3 is 5.97 Å². The SMILES string of the molecule is CCOC(=O)COc1c(I)cc(/C=C2/SC(=S)N(NC(=O)c3ccccc3)C2=O)cc1OC. The van der Waals surface area contributed by atoms with Crippen molar-refractivity contribution in [1.82, 2.24) is 10.4 Å². The first-order valence-electron chi connectivity index (χ1n) is 9.64. The van der Waals surface area contributed by atoms with Crippen molar-refractivity contribution >= 4 is 74.8 Å². The first-order valence-corrected chi connectivity index (χ1v) is 11.9. The van der Waals surface area contributed by atoms with Crippen LogP contribution in [0.3, 0.4) is 0 Å². The van der Waals surface area contributed by atoms with Crippen LogP contribution in [0.15, 0.2) is 47.4 Å². The number of benzene rings is 2. The summed E-state index contributed by atoms with van der Waals surface area (Å²) in [6.07, 6.45) is 1.65. The molecule has 2 aromatic carbocycles. The minimum Gasteiger partial charge on any atom is -0.493 e. The van der Waals surface area contributed by atoms with Gasteiger partial charge in [0.1, 0.15) is 0 Å². The quantitative estimate of drug-likeness (QED) is 0.213. The van der Waals surface area contributed by atoms with E-state index in [-0.39, 0.29) is 17.5 Å². The van der Waals surface area contributed by atoms with Crippen molar-refractivity contribution in [3.63, 3.8) is 0 Å². The topological polar surface area (TPSA) is 94.2 Å². The van der Waals surface area contributed by atoms with Crippen molar-refractivity contribution in [1.29, 1.82) is 0 Å². The van der Waals surface area contributed by atoms with E-state index in [4.69, 9.17) is 26.4 Å². The Bertz CT molecular complexity index is 1120. The van der Waals surface area contributed by atoms with Crippen molar-refractivity contribution in [2.75, 3.05) is 20.3 Å². The van der Waals surface area contributed by atoms with Gasteiger partial charge in [-0.05, 0) is 77.6 Å². The normalized spacial score (nSPS) is 14.4. The second-order valence-electron chi connectivity index (χ2n) is 6.45. The smallest absolute Gasteiger partial charge is 0.344 e.